The first-order chi connectivity index (χ1) is 8.49. The average Bonchev–Trinajstić information content (AvgIpc) is 2.82. The normalized spacial score (nSPS) is 11.2. The van der Waals surface area contributed by atoms with Gasteiger partial charge in [0.1, 0.15) is 4.21 Å². The Morgan fingerprint density at radius 1 is 1.22 bits per heavy atom. The number of Topliss-reactive ketones (excluding diaryl/α,β-unsaturated/α-hetero) is 1. The Hall–Kier alpha value is -1.66. The molecule has 94 valence electrons. The summed E-state index contributed by atoms with van der Waals surface area (Å²) in [5.74, 6) is -0.104. The fourth-order valence-corrected chi connectivity index (χ4v) is 3.47. The van der Waals surface area contributed by atoms with Gasteiger partial charge in [-0.15, -0.1) is 11.3 Å². The van der Waals surface area contributed by atoms with E-state index in [2.05, 4.69) is 4.72 Å². The fourth-order valence-electron chi connectivity index (χ4n) is 1.42. The highest BCUT2D eigenvalue weighted by molar-refractivity contribution is 7.94. The van der Waals surface area contributed by atoms with Gasteiger partial charge in [-0.05, 0) is 30.5 Å². The third-order valence-corrected chi connectivity index (χ3v) is 5.06. The van der Waals surface area contributed by atoms with Crippen LogP contribution >= 0.6 is 11.3 Å². The number of hydrogen-bond donors (Lipinski definition) is 1. The third kappa shape index (κ3) is 2.77. The molecule has 1 heterocycles. The fraction of sp³-hybridized carbons (Fsp3) is 0.0833. The standard InChI is InChI=1S/C12H11NO3S2/c1-9(14)10-4-2-5-11(8-10)13-18(15,16)12-6-3-7-17-12/h2-8,13H,1H3. The van der Waals surface area contributed by atoms with Crippen LogP contribution in [0.4, 0.5) is 5.69 Å². The van der Waals surface area contributed by atoms with E-state index in [0.717, 1.165) is 11.3 Å². The quantitative estimate of drug-likeness (QED) is 0.876. The molecule has 0 atom stereocenters. The lowest BCUT2D eigenvalue weighted by Crippen LogP contribution is -2.11. The number of rotatable bonds is 4. The summed E-state index contributed by atoms with van der Waals surface area (Å²) < 4.78 is 26.6. The SMILES string of the molecule is CC(=O)c1cccc(NS(=O)(=O)c2cccs2)c1. The molecule has 0 unspecified atom stereocenters. The molecule has 6 heteroatoms. The van der Waals surface area contributed by atoms with Crippen molar-refractivity contribution in [1.29, 1.82) is 0 Å². The van der Waals surface area contributed by atoms with Crippen molar-refractivity contribution in [2.24, 2.45) is 0 Å². The van der Waals surface area contributed by atoms with Gasteiger partial charge in [-0.1, -0.05) is 18.2 Å². The Bertz CT molecular complexity index is 660. The third-order valence-electron chi connectivity index (χ3n) is 2.28. The first-order valence-corrected chi connectivity index (χ1v) is 7.53. The summed E-state index contributed by atoms with van der Waals surface area (Å²) in [6.45, 7) is 1.44. The molecule has 0 aliphatic rings. The number of benzene rings is 1. The Balaban J connectivity index is 2.30. The van der Waals surface area contributed by atoms with Crippen LogP contribution in [0.25, 0.3) is 0 Å². The monoisotopic (exact) mass is 281 g/mol. The van der Waals surface area contributed by atoms with Gasteiger partial charge in [0, 0.05) is 11.3 Å². The van der Waals surface area contributed by atoms with Crippen LogP contribution in [0.5, 0.6) is 0 Å². The van der Waals surface area contributed by atoms with Crippen molar-refractivity contribution in [2.75, 3.05) is 4.72 Å². The summed E-state index contributed by atoms with van der Waals surface area (Å²) >= 11 is 1.14. The first-order valence-electron chi connectivity index (χ1n) is 5.16. The second-order valence-corrected chi connectivity index (χ2v) is 6.53. The van der Waals surface area contributed by atoms with E-state index in [4.69, 9.17) is 0 Å². The summed E-state index contributed by atoms with van der Waals surface area (Å²) in [7, 11) is -3.56. The van der Waals surface area contributed by atoms with E-state index in [1.54, 1.807) is 29.6 Å². The minimum atomic E-state index is -3.56. The van der Waals surface area contributed by atoms with Crippen molar-refractivity contribution in [3.05, 3.63) is 47.3 Å². The van der Waals surface area contributed by atoms with Gasteiger partial charge >= 0.3 is 0 Å². The van der Waals surface area contributed by atoms with Crippen LogP contribution < -0.4 is 4.72 Å². The zero-order chi connectivity index (χ0) is 13.2. The number of nitrogens with one attached hydrogen (secondary N) is 1. The van der Waals surface area contributed by atoms with Crippen LogP contribution in [-0.2, 0) is 10.0 Å². The Kier molecular flexibility index (Phi) is 3.49. The lowest BCUT2D eigenvalue weighted by molar-refractivity contribution is 0.101. The van der Waals surface area contributed by atoms with Crippen molar-refractivity contribution in [1.82, 2.24) is 0 Å². The van der Waals surface area contributed by atoms with Crippen LogP contribution in [0, 0.1) is 0 Å². The summed E-state index contributed by atoms with van der Waals surface area (Å²) in [5.41, 5.74) is 0.859. The smallest absolute Gasteiger partial charge is 0.271 e. The number of carbonyl (C=O) groups excluding carboxylic acids is 1. The molecule has 2 rings (SSSR count). The molecule has 1 aromatic heterocycles. The Labute approximate surface area is 109 Å². The van der Waals surface area contributed by atoms with Crippen molar-refractivity contribution < 1.29 is 13.2 Å². The summed E-state index contributed by atoms with van der Waals surface area (Å²) in [4.78, 5) is 11.2. The van der Waals surface area contributed by atoms with Crippen molar-refractivity contribution in [3.8, 4) is 0 Å². The van der Waals surface area contributed by atoms with E-state index >= 15 is 0 Å². The molecule has 2 aromatic rings. The highest BCUT2D eigenvalue weighted by atomic mass is 32.2. The molecule has 0 radical (unpaired) electrons. The molecule has 0 amide bonds. The first kappa shape index (κ1) is 12.8. The molecular formula is C12H11NO3S2. The number of carbonyl (C=O) groups is 1. The summed E-state index contributed by atoms with van der Waals surface area (Å²) in [6.07, 6.45) is 0. The minimum absolute atomic E-state index is 0.104. The summed E-state index contributed by atoms with van der Waals surface area (Å²) in [6, 6.07) is 9.62. The molecule has 18 heavy (non-hydrogen) atoms. The van der Waals surface area contributed by atoms with Crippen LogP contribution in [0.1, 0.15) is 17.3 Å². The number of hydrogen-bond acceptors (Lipinski definition) is 4. The lowest BCUT2D eigenvalue weighted by atomic mass is 10.1. The van der Waals surface area contributed by atoms with E-state index in [-0.39, 0.29) is 9.99 Å². The van der Waals surface area contributed by atoms with Crippen molar-refractivity contribution >= 4 is 32.8 Å². The maximum Gasteiger partial charge on any atom is 0.271 e. The van der Waals surface area contributed by atoms with E-state index in [1.807, 2.05) is 0 Å². The highest BCUT2D eigenvalue weighted by Gasteiger charge is 2.15. The van der Waals surface area contributed by atoms with E-state index < -0.39 is 10.0 Å². The second kappa shape index (κ2) is 4.91. The minimum Gasteiger partial charge on any atom is -0.295 e. The number of thiophene rings is 1. The molecule has 0 saturated carbocycles. The van der Waals surface area contributed by atoms with Gasteiger partial charge < -0.3 is 0 Å². The predicted octanol–water partition coefficient (Wildman–Crippen LogP) is 2.75. The molecule has 1 N–H and O–H groups in total. The number of ketones is 1. The highest BCUT2D eigenvalue weighted by Crippen LogP contribution is 2.20. The van der Waals surface area contributed by atoms with Gasteiger partial charge in [0.25, 0.3) is 10.0 Å². The molecule has 4 nitrogen and oxygen atoms in total. The average molecular weight is 281 g/mol. The molecule has 0 aliphatic heterocycles. The largest absolute Gasteiger partial charge is 0.295 e. The van der Waals surface area contributed by atoms with Gasteiger partial charge in [0.05, 0.1) is 0 Å². The van der Waals surface area contributed by atoms with Crippen LogP contribution in [0.3, 0.4) is 0 Å². The van der Waals surface area contributed by atoms with E-state index in [0.29, 0.717) is 11.3 Å². The van der Waals surface area contributed by atoms with E-state index in [1.165, 1.54) is 19.1 Å². The zero-order valence-electron chi connectivity index (χ0n) is 9.58. The maximum absolute atomic E-state index is 12.0. The van der Waals surface area contributed by atoms with Gasteiger partial charge in [-0.25, -0.2) is 8.42 Å². The van der Waals surface area contributed by atoms with Crippen LogP contribution in [0.2, 0.25) is 0 Å². The molecule has 0 aliphatic carbocycles. The predicted molar refractivity (Wildman–Crippen MR) is 71.6 cm³/mol. The van der Waals surface area contributed by atoms with Gasteiger partial charge in [0.15, 0.2) is 5.78 Å². The molecule has 1 aromatic carbocycles. The zero-order valence-corrected chi connectivity index (χ0v) is 11.2. The molecular weight excluding hydrogens is 270 g/mol. The Morgan fingerprint density at radius 2 is 2.00 bits per heavy atom. The lowest BCUT2D eigenvalue weighted by Gasteiger charge is -2.06. The maximum atomic E-state index is 12.0. The number of sulfonamides is 1. The van der Waals surface area contributed by atoms with Crippen LogP contribution in [-0.4, -0.2) is 14.2 Å². The van der Waals surface area contributed by atoms with Crippen molar-refractivity contribution in [2.45, 2.75) is 11.1 Å². The molecule has 0 saturated heterocycles. The molecule has 0 fully saturated rings. The van der Waals surface area contributed by atoms with Gasteiger partial charge in [-0.3, -0.25) is 9.52 Å². The van der Waals surface area contributed by atoms with Gasteiger partial charge in [0.2, 0.25) is 0 Å². The Morgan fingerprint density at radius 3 is 2.61 bits per heavy atom. The molecule has 0 spiro atoms. The van der Waals surface area contributed by atoms with Crippen LogP contribution in [0.15, 0.2) is 46.0 Å². The summed E-state index contributed by atoms with van der Waals surface area (Å²) in [5, 5.41) is 1.69. The molecule has 0 bridgehead atoms. The topological polar surface area (TPSA) is 63.2 Å². The van der Waals surface area contributed by atoms with Crippen molar-refractivity contribution in [3.63, 3.8) is 0 Å². The number of anilines is 1. The second-order valence-electron chi connectivity index (χ2n) is 3.67. The van der Waals surface area contributed by atoms with Gasteiger partial charge in [-0.2, -0.15) is 0 Å². The van der Waals surface area contributed by atoms with E-state index in [9.17, 15) is 13.2 Å².